The van der Waals surface area contributed by atoms with Crippen LogP contribution in [0.2, 0.25) is 5.02 Å². The monoisotopic (exact) mass is 374 g/mol. The third-order valence-electron chi connectivity index (χ3n) is 3.38. The van der Waals surface area contributed by atoms with E-state index in [1.165, 1.54) is 12.1 Å². The number of carbonyl (C=O) groups excluding carboxylic acids is 1. The fraction of sp³-hybridized carbons (Fsp3) is 0.0556. The van der Waals surface area contributed by atoms with Crippen LogP contribution in [-0.4, -0.2) is 15.9 Å². The van der Waals surface area contributed by atoms with Crippen molar-refractivity contribution in [3.63, 3.8) is 0 Å². The molecule has 1 amide bonds. The van der Waals surface area contributed by atoms with Crippen LogP contribution in [0.3, 0.4) is 0 Å². The van der Waals surface area contributed by atoms with E-state index in [0.717, 1.165) is 12.1 Å². The van der Waals surface area contributed by atoms with Gasteiger partial charge in [0.05, 0.1) is 10.7 Å². The Hall–Kier alpha value is -3.06. The molecule has 1 heterocycles. The average molecular weight is 375 g/mol. The number of carbonyl (C=O) groups is 1. The van der Waals surface area contributed by atoms with Gasteiger partial charge in [-0.05, 0) is 31.2 Å². The molecule has 8 heteroatoms. The number of amides is 1. The van der Waals surface area contributed by atoms with Crippen LogP contribution in [0.1, 0.15) is 16.3 Å². The highest BCUT2D eigenvalue weighted by atomic mass is 35.5. The first-order valence-corrected chi connectivity index (χ1v) is 7.94. The third kappa shape index (κ3) is 4.12. The average Bonchev–Trinajstić information content (AvgIpc) is 2.60. The van der Waals surface area contributed by atoms with E-state index in [9.17, 15) is 13.6 Å². The lowest BCUT2D eigenvalue weighted by Crippen LogP contribution is -2.15. The number of halogens is 3. The lowest BCUT2D eigenvalue weighted by molar-refractivity contribution is 0.102. The van der Waals surface area contributed by atoms with E-state index in [2.05, 4.69) is 20.6 Å². The first kappa shape index (κ1) is 17.8. The molecule has 2 N–H and O–H groups in total. The van der Waals surface area contributed by atoms with E-state index in [0.29, 0.717) is 22.4 Å². The number of anilines is 3. The molecule has 0 aliphatic carbocycles. The van der Waals surface area contributed by atoms with Gasteiger partial charge in [-0.2, -0.15) is 0 Å². The maximum Gasteiger partial charge on any atom is 0.274 e. The maximum atomic E-state index is 13.3. The van der Waals surface area contributed by atoms with Crippen molar-refractivity contribution in [2.75, 3.05) is 10.6 Å². The van der Waals surface area contributed by atoms with E-state index in [-0.39, 0.29) is 11.4 Å². The summed E-state index contributed by atoms with van der Waals surface area (Å²) < 4.78 is 26.2. The second-order valence-corrected chi connectivity index (χ2v) is 5.78. The summed E-state index contributed by atoms with van der Waals surface area (Å²) in [5, 5.41) is 5.98. The smallest absolute Gasteiger partial charge is 0.274 e. The van der Waals surface area contributed by atoms with Gasteiger partial charge in [0.2, 0.25) is 0 Å². The number of rotatable bonds is 4. The van der Waals surface area contributed by atoms with Gasteiger partial charge in [0.25, 0.3) is 5.91 Å². The van der Waals surface area contributed by atoms with Crippen LogP contribution in [0, 0.1) is 18.6 Å². The van der Waals surface area contributed by atoms with Gasteiger partial charge in [0.1, 0.15) is 17.3 Å². The second kappa shape index (κ2) is 7.45. The maximum absolute atomic E-state index is 13.3. The Morgan fingerprint density at radius 1 is 1.04 bits per heavy atom. The third-order valence-corrected chi connectivity index (χ3v) is 3.71. The standard InChI is InChI=1S/C18H13ClF2N4O/c1-10-22-16(18(26)24-11-6-7-13(20)14(21)8-11)9-17(23-10)25-15-5-3-2-4-12(15)19/h2-9H,1H3,(H,24,26)(H,22,23,25). The summed E-state index contributed by atoms with van der Waals surface area (Å²) in [5.74, 6) is -1.89. The highest BCUT2D eigenvalue weighted by molar-refractivity contribution is 6.33. The molecule has 5 nitrogen and oxygen atoms in total. The number of aromatic nitrogens is 2. The molecule has 0 bridgehead atoms. The number of nitrogens with zero attached hydrogens (tertiary/aromatic N) is 2. The molecule has 3 rings (SSSR count). The van der Waals surface area contributed by atoms with Gasteiger partial charge in [-0.15, -0.1) is 0 Å². The zero-order valence-corrected chi connectivity index (χ0v) is 14.3. The molecule has 0 saturated heterocycles. The van der Waals surface area contributed by atoms with Gasteiger partial charge >= 0.3 is 0 Å². The molecule has 0 aliphatic heterocycles. The summed E-state index contributed by atoms with van der Waals surface area (Å²) >= 11 is 6.10. The topological polar surface area (TPSA) is 66.9 Å². The molecule has 26 heavy (non-hydrogen) atoms. The van der Waals surface area contributed by atoms with Crippen molar-refractivity contribution in [3.05, 3.63) is 76.7 Å². The van der Waals surface area contributed by atoms with Crippen molar-refractivity contribution in [1.82, 2.24) is 9.97 Å². The first-order chi connectivity index (χ1) is 12.4. The molecule has 3 aromatic rings. The molecule has 0 saturated carbocycles. The van der Waals surface area contributed by atoms with Crippen LogP contribution in [-0.2, 0) is 0 Å². The van der Waals surface area contributed by atoms with Gasteiger partial charge in [-0.3, -0.25) is 4.79 Å². The number of aryl methyl sites for hydroxylation is 1. The molecule has 0 atom stereocenters. The van der Waals surface area contributed by atoms with E-state index in [1.807, 2.05) is 0 Å². The summed E-state index contributed by atoms with van der Waals surface area (Å²) in [6.07, 6.45) is 0. The van der Waals surface area contributed by atoms with Gasteiger partial charge in [0.15, 0.2) is 11.6 Å². The molecular formula is C18H13ClF2N4O. The van der Waals surface area contributed by atoms with Crippen LogP contribution in [0.4, 0.5) is 26.0 Å². The highest BCUT2D eigenvalue weighted by Crippen LogP contribution is 2.24. The minimum Gasteiger partial charge on any atom is -0.339 e. The lowest BCUT2D eigenvalue weighted by Gasteiger charge is -2.10. The van der Waals surface area contributed by atoms with Gasteiger partial charge in [0, 0.05) is 17.8 Å². The SMILES string of the molecule is Cc1nc(Nc2ccccc2Cl)cc(C(=O)Nc2ccc(F)c(F)c2)n1. The predicted molar refractivity (Wildman–Crippen MR) is 95.8 cm³/mol. The van der Waals surface area contributed by atoms with E-state index in [4.69, 9.17) is 11.6 Å². The Kier molecular flexibility index (Phi) is 5.09. The Morgan fingerprint density at radius 2 is 1.81 bits per heavy atom. The number of hydrogen-bond donors (Lipinski definition) is 2. The van der Waals surface area contributed by atoms with Crippen LogP contribution in [0.15, 0.2) is 48.5 Å². The van der Waals surface area contributed by atoms with Crippen LogP contribution in [0.5, 0.6) is 0 Å². The van der Waals surface area contributed by atoms with Gasteiger partial charge in [-0.25, -0.2) is 18.7 Å². The minimum absolute atomic E-state index is 0.0665. The van der Waals surface area contributed by atoms with Crippen LogP contribution in [0.25, 0.3) is 0 Å². The minimum atomic E-state index is -1.05. The fourth-order valence-electron chi connectivity index (χ4n) is 2.22. The summed E-state index contributed by atoms with van der Waals surface area (Å²) in [5.41, 5.74) is 0.807. The molecule has 1 aromatic heterocycles. The van der Waals surface area contributed by atoms with Gasteiger partial charge < -0.3 is 10.6 Å². The largest absolute Gasteiger partial charge is 0.339 e. The number of nitrogens with one attached hydrogen (secondary N) is 2. The lowest BCUT2D eigenvalue weighted by atomic mass is 10.2. The van der Waals surface area contributed by atoms with Gasteiger partial charge in [-0.1, -0.05) is 23.7 Å². The molecule has 0 aliphatic rings. The van der Waals surface area contributed by atoms with Crippen molar-refractivity contribution >= 4 is 34.7 Å². The summed E-state index contributed by atoms with van der Waals surface area (Å²) in [6.45, 7) is 1.63. The molecule has 0 spiro atoms. The van der Waals surface area contributed by atoms with E-state index >= 15 is 0 Å². The van der Waals surface area contributed by atoms with E-state index < -0.39 is 17.5 Å². The summed E-state index contributed by atoms with van der Waals surface area (Å²) in [6, 6.07) is 11.6. The zero-order valence-electron chi connectivity index (χ0n) is 13.6. The Bertz CT molecular complexity index is 981. The van der Waals surface area contributed by atoms with Crippen molar-refractivity contribution in [2.45, 2.75) is 6.92 Å². The number of hydrogen-bond acceptors (Lipinski definition) is 4. The number of benzene rings is 2. The van der Waals surface area contributed by atoms with Crippen molar-refractivity contribution in [2.24, 2.45) is 0 Å². The Labute approximate surface area is 153 Å². The van der Waals surface area contributed by atoms with Crippen molar-refractivity contribution < 1.29 is 13.6 Å². The molecule has 2 aromatic carbocycles. The summed E-state index contributed by atoms with van der Waals surface area (Å²) in [7, 11) is 0. The van der Waals surface area contributed by atoms with Crippen LogP contribution < -0.4 is 10.6 Å². The normalized spacial score (nSPS) is 10.5. The Morgan fingerprint density at radius 3 is 2.54 bits per heavy atom. The van der Waals surface area contributed by atoms with Crippen LogP contribution >= 0.6 is 11.6 Å². The van der Waals surface area contributed by atoms with E-state index in [1.54, 1.807) is 31.2 Å². The Balaban J connectivity index is 1.83. The molecular weight excluding hydrogens is 362 g/mol. The first-order valence-electron chi connectivity index (χ1n) is 7.56. The molecule has 132 valence electrons. The highest BCUT2D eigenvalue weighted by Gasteiger charge is 2.13. The zero-order chi connectivity index (χ0) is 18.7. The molecule has 0 fully saturated rings. The quantitative estimate of drug-likeness (QED) is 0.694. The molecule has 0 radical (unpaired) electrons. The number of para-hydroxylation sites is 1. The summed E-state index contributed by atoms with van der Waals surface area (Å²) in [4.78, 5) is 20.6. The predicted octanol–water partition coefficient (Wildman–Crippen LogP) is 4.71. The molecule has 0 unspecified atom stereocenters. The van der Waals surface area contributed by atoms with Crippen molar-refractivity contribution in [3.8, 4) is 0 Å². The van der Waals surface area contributed by atoms with Crippen molar-refractivity contribution in [1.29, 1.82) is 0 Å². The second-order valence-electron chi connectivity index (χ2n) is 5.37. The fourth-order valence-corrected chi connectivity index (χ4v) is 2.40.